The predicted octanol–water partition coefficient (Wildman–Crippen LogP) is -0.499. The van der Waals surface area contributed by atoms with Gasteiger partial charge in [-0.25, -0.2) is 13.6 Å². The lowest BCUT2D eigenvalue weighted by atomic mass is 10.2. The summed E-state index contributed by atoms with van der Waals surface area (Å²) in [4.78, 5) is 21.7. The summed E-state index contributed by atoms with van der Waals surface area (Å²) in [6.07, 6.45) is -0.0429. The summed E-state index contributed by atoms with van der Waals surface area (Å²) in [5.41, 5.74) is 1.00. The summed E-state index contributed by atoms with van der Waals surface area (Å²) < 4.78 is 22.4. The fourth-order valence-electron chi connectivity index (χ4n) is 1.52. The number of primary sulfonamides is 1. The number of hydrogen-bond acceptors (Lipinski definition) is 5. The van der Waals surface area contributed by atoms with Crippen molar-refractivity contribution in [2.45, 2.75) is 31.1 Å². The molecule has 0 atom stereocenters. The van der Waals surface area contributed by atoms with Crippen LogP contribution in [0.3, 0.4) is 0 Å². The Hall–Kier alpha value is -1.93. The van der Waals surface area contributed by atoms with E-state index in [1.54, 1.807) is 6.92 Å². The third-order valence-electron chi connectivity index (χ3n) is 2.60. The first-order chi connectivity index (χ1) is 9.20. The van der Waals surface area contributed by atoms with Crippen molar-refractivity contribution in [2.24, 2.45) is 5.14 Å². The zero-order valence-corrected chi connectivity index (χ0v) is 11.7. The van der Waals surface area contributed by atoms with E-state index in [1.165, 1.54) is 18.2 Å². The molecule has 0 radical (unpaired) electrons. The molecular formula is C12H15N2O5S-. The van der Waals surface area contributed by atoms with Gasteiger partial charge in [0.1, 0.15) is 0 Å². The van der Waals surface area contributed by atoms with E-state index < -0.39 is 21.9 Å². The van der Waals surface area contributed by atoms with Gasteiger partial charge in [0.25, 0.3) is 0 Å². The number of amides is 1. The van der Waals surface area contributed by atoms with E-state index in [0.717, 1.165) is 0 Å². The number of carbonyl (C=O) groups is 2. The Bertz CT molecular complexity index is 625. The number of sulfonamides is 1. The fraction of sp³-hybridized carbons (Fsp3) is 0.333. The number of carbonyl (C=O) groups excluding carboxylic acids is 2. The van der Waals surface area contributed by atoms with Crippen LogP contribution in [0.25, 0.3) is 0 Å². The molecule has 0 aliphatic rings. The fourth-order valence-corrected chi connectivity index (χ4v) is 2.06. The summed E-state index contributed by atoms with van der Waals surface area (Å²) in [6.45, 7) is 1.70. The Morgan fingerprint density at radius 3 is 2.50 bits per heavy atom. The van der Waals surface area contributed by atoms with E-state index >= 15 is 0 Å². The number of rotatable bonds is 6. The quantitative estimate of drug-likeness (QED) is 0.731. The zero-order valence-electron chi connectivity index (χ0n) is 10.9. The number of nitrogens with two attached hydrogens (primary N) is 1. The standard InChI is InChI=1S/C12H16N2O5S/c1-8-5-6-9(20(13,18)19)7-10(8)14-11(15)3-2-4-12(16)17/h5-7H,2-4H2,1H3,(H,14,15)(H,16,17)(H2,13,18,19)/p-1. The molecule has 8 heteroatoms. The lowest BCUT2D eigenvalue weighted by molar-refractivity contribution is -0.305. The molecule has 0 spiro atoms. The molecule has 0 unspecified atom stereocenters. The number of carboxylic acid groups (broad SMARTS) is 1. The van der Waals surface area contributed by atoms with Crippen LogP contribution >= 0.6 is 0 Å². The first-order valence-electron chi connectivity index (χ1n) is 5.83. The van der Waals surface area contributed by atoms with Gasteiger partial charge in [-0.15, -0.1) is 0 Å². The van der Waals surface area contributed by atoms with Crippen LogP contribution in [-0.2, 0) is 19.6 Å². The summed E-state index contributed by atoms with van der Waals surface area (Å²) >= 11 is 0. The minimum absolute atomic E-state index is 0.00697. The Balaban J connectivity index is 2.77. The van der Waals surface area contributed by atoms with Gasteiger partial charge >= 0.3 is 0 Å². The molecule has 1 aromatic rings. The maximum atomic E-state index is 11.6. The first-order valence-corrected chi connectivity index (χ1v) is 7.38. The van der Waals surface area contributed by atoms with Crippen LogP contribution in [-0.4, -0.2) is 20.3 Å². The highest BCUT2D eigenvalue weighted by molar-refractivity contribution is 7.89. The van der Waals surface area contributed by atoms with Crippen molar-refractivity contribution in [3.8, 4) is 0 Å². The third-order valence-corrected chi connectivity index (χ3v) is 3.51. The van der Waals surface area contributed by atoms with Gasteiger partial charge in [-0.05, 0) is 37.5 Å². The molecule has 0 aliphatic heterocycles. The monoisotopic (exact) mass is 299 g/mol. The number of anilines is 1. The molecule has 0 aromatic heterocycles. The van der Waals surface area contributed by atoms with Crippen molar-refractivity contribution in [3.05, 3.63) is 23.8 Å². The van der Waals surface area contributed by atoms with Crippen LogP contribution in [0.4, 0.5) is 5.69 Å². The lowest BCUT2D eigenvalue weighted by Crippen LogP contribution is -2.22. The van der Waals surface area contributed by atoms with Crippen LogP contribution in [0.15, 0.2) is 23.1 Å². The normalized spacial score (nSPS) is 11.1. The highest BCUT2D eigenvalue weighted by Crippen LogP contribution is 2.19. The van der Waals surface area contributed by atoms with E-state index in [2.05, 4.69) is 5.32 Å². The van der Waals surface area contributed by atoms with Crippen LogP contribution < -0.4 is 15.6 Å². The molecular weight excluding hydrogens is 284 g/mol. The van der Waals surface area contributed by atoms with Crippen LogP contribution in [0.1, 0.15) is 24.8 Å². The van der Waals surface area contributed by atoms with Crippen molar-refractivity contribution in [2.75, 3.05) is 5.32 Å². The third kappa shape index (κ3) is 4.98. The zero-order chi connectivity index (χ0) is 15.3. The minimum Gasteiger partial charge on any atom is -0.550 e. The second kappa shape index (κ2) is 6.49. The van der Waals surface area contributed by atoms with Gasteiger partial charge < -0.3 is 15.2 Å². The molecule has 1 aromatic carbocycles. The molecule has 3 N–H and O–H groups in total. The summed E-state index contributed by atoms with van der Waals surface area (Å²) in [6, 6.07) is 4.13. The molecule has 0 saturated heterocycles. The van der Waals surface area contributed by atoms with E-state index in [9.17, 15) is 23.1 Å². The molecule has 0 heterocycles. The molecule has 0 fully saturated rings. The first kappa shape index (κ1) is 16.1. The number of aryl methyl sites for hydroxylation is 1. The van der Waals surface area contributed by atoms with Crippen molar-refractivity contribution >= 4 is 27.6 Å². The largest absolute Gasteiger partial charge is 0.550 e. The van der Waals surface area contributed by atoms with Gasteiger partial charge in [-0.1, -0.05) is 6.07 Å². The molecule has 0 aliphatic carbocycles. The maximum absolute atomic E-state index is 11.6. The van der Waals surface area contributed by atoms with E-state index in [4.69, 9.17) is 5.14 Å². The molecule has 1 rings (SSSR count). The van der Waals surface area contributed by atoms with Crippen LogP contribution in [0, 0.1) is 6.92 Å². The second-order valence-electron chi connectivity index (χ2n) is 4.30. The molecule has 1 amide bonds. The number of nitrogens with one attached hydrogen (secondary N) is 1. The summed E-state index contributed by atoms with van der Waals surface area (Å²) in [5, 5.41) is 17.8. The highest BCUT2D eigenvalue weighted by atomic mass is 32.2. The van der Waals surface area contributed by atoms with Crippen LogP contribution in [0.5, 0.6) is 0 Å². The predicted molar refractivity (Wildman–Crippen MR) is 70.0 cm³/mol. The number of aliphatic carboxylic acids is 1. The maximum Gasteiger partial charge on any atom is 0.238 e. The van der Waals surface area contributed by atoms with Gasteiger partial charge in [0, 0.05) is 18.1 Å². The van der Waals surface area contributed by atoms with Crippen molar-refractivity contribution in [3.63, 3.8) is 0 Å². The summed E-state index contributed by atoms with van der Waals surface area (Å²) in [7, 11) is -3.84. The average molecular weight is 299 g/mol. The molecule has 0 saturated carbocycles. The van der Waals surface area contributed by atoms with E-state index in [0.29, 0.717) is 11.3 Å². The number of carboxylic acids is 1. The minimum atomic E-state index is -3.84. The van der Waals surface area contributed by atoms with E-state index in [-0.39, 0.29) is 24.2 Å². The Morgan fingerprint density at radius 2 is 1.95 bits per heavy atom. The van der Waals surface area contributed by atoms with Gasteiger partial charge in [0.2, 0.25) is 15.9 Å². The Labute approximate surface area is 116 Å². The SMILES string of the molecule is Cc1ccc(S(N)(=O)=O)cc1NC(=O)CCCC(=O)[O-]. The molecule has 7 nitrogen and oxygen atoms in total. The van der Waals surface area contributed by atoms with Gasteiger partial charge in [0.15, 0.2) is 0 Å². The van der Waals surface area contributed by atoms with Crippen LogP contribution in [0.2, 0.25) is 0 Å². The smallest absolute Gasteiger partial charge is 0.238 e. The van der Waals surface area contributed by atoms with Crippen molar-refractivity contribution in [1.29, 1.82) is 0 Å². The summed E-state index contributed by atoms with van der Waals surface area (Å²) in [5.74, 6) is -1.62. The Kier molecular flexibility index (Phi) is 5.23. The van der Waals surface area contributed by atoms with Gasteiger partial charge in [-0.3, -0.25) is 4.79 Å². The molecule has 0 bridgehead atoms. The van der Waals surface area contributed by atoms with Gasteiger partial charge in [-0.2, -0.15) is 0 Å². The van der Waals surface area contributed by atoms with Gasteiger partial charge in [0.05, 0.1) is 4.90 Å². The van der Waals surface area contributed by atoms with Crippen molar-refractivity contribution in [1.82, 2.24) is 0 Å². The topological polar surface area (TPSA) is 129 Å². The Morgan fingerprint density at radius 1 is 1.30 bits per heavy atom. The highest BCUT2D eigenvalue weighted by Gasteiger charge is 2.11. The molecule has 110 valence electrons. The molecule has 20 heavy (non-hydrogen) atoms. The number of benzene rings is 1. The second-order valence-corrected chi connectivity index (χ2v) is 5.86. The average Bonchev–Trinajstić information content (AvgIpc) is 2.30. The van der Waals surface area contributed by atoms with E-state index in [1.807, 2.05) is 0 Å². The lowest BCUT2D eigenvalue weighted by Gasteiger charge is -2.10. The number of hydrogen-bond donors (Lipinski definition) is 2. The van der Waals surface area contributed by atoms with Crippen molar-refractivity contribution < 1.29 is 23.1 Å².